The first-order valence-corrected chi connectivity index (χ1v) is 10.7. The molecule has 0 amide bonds. The van der Waals surface area contributed by atoms with Crippen LogP contribution < -0.4 is 14.2 Å². The highest BCUT2D eigenvalue weighted by Crippen LogP contribution is 2.31. The van der Waals surface area contributed by atoms with Crippen LogP contribution in [-0.4, -0.2) is 43.1 Å². The van der Waals surface area contributed by atoms with Crippen molar-refractivity contribution in [3.05, 3.63) is 65.2 Å². The van der Waals surface area contributed by atoms with Crippen molar-refractivity contribution in [1.29, 1.82) is 0 Å². The Balaban J connectivity index is 2.05. The second-order valence-corrected chi connectivity index (χ2v) is 7.37. The van der Waals surface area contributed by atoms with Gasteiger partial charge in [-0.05, 0) is 55.3 Å². The van der Waals surface area contributed by atoms with Gasteiger partial charge in [-0.15, -0.1) is 26.3 Å². The number of allylic oxidation sites excluding steroid dienone is 1. The molecule has 0 aliphatic heterocycles. The van der Waals surface area contributed by atoms with Crippen molar-refractivity contribution in [2.24, 2.45) is 0 Å². The molecule has 2 aromatic carbocycles. The van der Waals surface area contributed by atoms with Crippen LogP contribution in [-0.2, 0) is 16.0 Å². The predicted octanol–water partition coefficient (Wildman–Crippen LogP) is 5.89. The van der Waals surface area contributed by atoms with Gasteiger partial charge >= 0.3 is 18.7 Å². The van der Waals surface area contributed by atoms with E-state index in [0.717, 1.165) is 17.7 Å². The molecule has 6 nitrogen and oxygen atoms in total. The molecule has 2 rings (SSSR count). The van der Waals surface area contributed by atoms with Crippen molar-refractivity contribution in [3.63, 3.8) is 0 Å². The summed E-state index contributed by atoms with van der Waals surface area (Å²) in [6, 6.07) is 8.78. The van der Waals surface area contributed by atoms with E-state index in [0.29, 0.717) is 17.4 Å². The monoisotopic (exact) mass is 532 g/mol. The number of aliphatic carboxylic acids is 1. The third kappa shape index (κ3) is 11.6. The van der Waals surface area contributed by atoms with E-state index in [1.807, 2.05) is 0 Å². The number of ether oxygens (including phenoxy) is 4. The summed E-state index contributed by atoms with van der Waals surface area (Å²) in [5.41, 5.74) is 0.964. The standard InChI is InChI=1S/C25H22F6O6/c1-3-34-22(23(32)33)14-17-6-8-19(9-7-17)35-11-10-16(2)4-5-18-12-20(36-24(26,27)28)15-21(13-18)37-25(29,30)31/h6-10,12-13,15,22H,3,11,14H2,1-2H3,(H,32,33)/b16-10-/t22-/m0/s1. The highest BCUT2D eigenvalue weighted by atomic mass is 19.4. The number of rotatable bonds is 10. The molecule has 0 aliphatic rings. The van der Waals surface area contributed by atoms with E-state index in [2.05, 4.69) is 21.3 Å². The van der Waals surface area contributed by atoms with Crippen LogP contribution in [0, 0.1) is 11.8 Å². The Morgan fingerprint density at radius 3 is 2.03 bits per heavy atom. The zero-order chi connectivity index (χ0) is 27.6. The summed E-state index contributed by atoms with van der Waals surface area (Å²) in [6.45, 7) is 3.60. The van der Waals surface area contributed by atoms with Crippen molar-refractivity contribution in [3.8, 4) is 29.1 Å². The third-order valence-electron chi connectivity index (χ3n) is 4.38. The first kappa shape index (κ1) is 29.4. The average molecular weight is 532 g/mol. The predicted molar refractivity (Wildman–Crippen MR) is 119 cm³/mol. The first-order chi connectivity index (χ1) is 17.2. The summed E-state index contributed by atoms with van der Waals surface area (Å²) in [5, 5.41) is 9.15. The smallest absolute Gasteiger partial charge is 0.490 e. The molecule has 37 heavy (non-hydrogen) atoms. The molecule has 0 radical (unpaired) electrons. The summed E-state index contributed by atoms with van der Waals surface area (Å²) in [6.07, 6.45) is -9.46. The fourth-order valence-corrected chi connectivity index (χ4v) is 2.87. The number of hydrogen-bond donors (Lipinski definition) is 1. The molecule has 0 fully saturated rings. The van der Waals surface area contributed by atoms with Crippen LogP contribution in [0.4, 0.5) is 26.3 Å². The van der Waals surface area contributed by atoms with Gasteiger partial charge in [0.25, 0.3) is 0 Å². The minimum atomic E-state index is -5.12. The van der Waals surface area contributed by atoms with Gasteiger partial charge in [0.1, 0.15) is 23.9 Å². The van der Waals surface area contributed by atoms with Crippen LogP contribution in [0.1, 0.15) is 25.0 Å². The number of halogens is 6. The van der Waals surface area contributed by atoms with Crippen molar-refractivity contribution in [2.45, 2.75) is 39.1 Å². The Kier molecular flexibility index (Phi) is 10.3. The molecule has 0 aromatic heterocycles. The molecule has 12 heteroatoms. The Hall–Kier alpha value is -3.85. The van der Waals surface area contributed by atoms with Gasteiger partial charge in [-0.2, -0.15) is 0 Å². The lowest BCUT2D eigenvalue weighted by molar-refractivity contribution is -0.276. The fraction of sp³-hybridized carbons (Fsp3) is 0.320. The highest BCUT2D eigenvalue weighted by Gasteiger charge is 2.33. The normalized spacial score (nSPS) is 12.8. The van der Waals surface area contributed by atoms with E-state index in [9.17, 15) is 31.1 Å². The number of carboxylic acids is 1. The molecule has 2 aromatic rings. The van der Waals surface area contributed by atoms with Gasteiger partial charge in [0.15, 0.2) is 6.10 Å². The largest absolute Gasteiger partial charge is 0.573 e. The molecule has 1 N–H and O–H groups in total. The van der Waals surface area contributed by atoms with Crippen LogP contribution in [0.3, 0.4) is 0 Å². The van der Waals surface area contributed by atoms with Gasteiger partial charge < -0.3 is 24.1 Å². The third-order valence-corrected chi connectivity index (χ3v) is 4.38. The van der Waals surface area contributed by atoms with E-state index in [1.165, 1.54) is 0 Å². The van der Waals surface area contributed by atoms with E-state index in [1.54, 1.807) is 44.2 Å². The molecule has 0 spiro atoms. The van der Waals surface area contributed by atoms with Gasteiger partial charge in [-0.25, -0.2) is 4.79 Å². The van der Waals surface area contributed by atoms with Gasteiger partial charge in [0.05, 0.1) is 0 Å². The summed E-state index contributed by atoms with van der Waals surface area (Å²) in [5.74, 6) is 2.66. The van der Waals surface area contributed by atoms with Gasteiger partial charge in [-0.1, -0.05) is 24.0 Å². The minimum absolute atomic E-state index is 0.0657. The lowest BCUT2D eigenvalue weighted by atomic mass is 10.1. The molecule has 0 saturated carbocycles. The summed E-state index contributed by atoms with van der Waals surface area (Å²) in [4.78, 5) is 11.2. The quantitative estimate of drug-likeness (QED) is 0.304. The summed E-state index contributed by atoms with van der Waals surface area (Å²) >= 11 is 0. The first-order valence-electron chi connectivity index (χ1n) is 10.7. The van der Waals surface area contributed by atoms with Crippen LogP contribution in [0.25, 0.3) is 0 Å². The maximum absolute atomic E-state index is 12.5. The molecule has 1 atom stereocenters. The summed E-state index contributed by atoms with van der Waals surface area (Å²) in [7, 11) is 0. The van der Waals surface area contributed by atoms with Gasteiger partial charge in [-0.3, -0.25) is 0 Å². The Labute approximate surface area is 208 Å². The Bertz CT molecular complexity index is 1110. The molecule has 0 saturated heterocycles. The maximum atomic E-state index is 12.5. The molecule has 0 heterocycles. The second kappa shape index (κ2) is 12.9. The number of carboxylic acid groups (broad SMARTS) is 1. The van der Waals surface area contributed by atoms with Crippen LogP contribution in [0.2, 0.25) is 0 Å². The van der Waals surface area contributed by atoms with E-state index in [4.69, 9.17) is 14.6 Å². The Morgan fingerprint density at radius 2 is 1.54 bits per heavy atom. The lowest BCUT2D eigenvalue weighted by Crippen LogP contribution is -2.26. The topological polar surface area (TPSA) is 74.2 Å². The van der Waals surface area contributed by atoms with Crippen molar-refractivity contribution < 1.29 is 55.2 Å². The Morgan fingerprint density at radius 1 is 0.973 bits per heavy atom. The van der Waals surface area contributed by atoms with E-state index >= 15 is 0 Å². The van der Waals surface area contributed by atoms with Crippen LogP contribution >= 0.6 is 0 Å². The average Bonchev–Trinajstić information content (AvgIpc) is 2.76. The number of carbonyl (C=O) groups is 1. The molecule has 200 valence electrons. The maximum Gasteiger partial charge on any atom is 0.573 e. The van der Waals surface area contributed by atoms with Crippen molar-refractivity contribution in [2.75, 3.05) is 13.2 Å². The number of alkyl halides is 6. The zero-order valence-electron chi connectivity index (χ0n) is 19.6. The molecule has 0 bridgehead atoms. The lowest BCUT2D eigenvalue weighted by Gasteiger charge is -2.13. The summed E-state index contributed by atoms with van der Waals surface area (Å²) < 4.78 is 93.1. The number of benzene rings is 2. The van der Waals surface area contributed by atoms with Gasteiger partial charge in [0, 0.05) is 24.7 Å². The van der Waals surface area contributed by atoms with Crippen molar-refractivity contribution in [1.82, 2.24) is 0 Å². The molecular weight excluding hydrogens is 510 g/mol. The molecule has 0 aliphatic carbocycles. The number of hydrogen-bond acceptors (Lipinski definition) is 5. The van der Waals surface area contributed by atoms with Crippen molar-refractivity contribution >= 4 is 5.97 Å². The van der Waals surface area contributed by atoms with Gasteiger partial charge in [0.2, 0.25) is 0 Å². The second-order valence-electron chi connectivity index (χ2n) is 7.37. The highest BCUT2D eigenvalue weighted by molar-refractivity contribution is 5.72. The van der Waals surface area contributed by atoms with E-state index < -0.39 is 36.3 Å². The van der Waals surface area contributed by atoms with Crippen LogP contribution in [0.5, 0.6) is 17.2 Å². The fourth-order valence-electron chi connectivity index (χ4n) is 2.87. The zero-order valence-corrected chi connectivity index (χ0v) is 19.6. The molecule has 0 unspecified atom stereocenters. The molecular formula is C25H22F6O6. The van der Waals surface area contributed by atoms with Crippen LogP contribution in [0.15, 0.2) is 54.1 Å². The van der Waals surface area contributed by atoms with E-state index in [-0.39, 0.29) is 25.2 Å². The minimum Gasteiger partial charge on any atom is -0.490 e. The SMILES string of the molecule is CCO[C@@H](Cc1ccc(OC/C=C(/C)C#Cc2cc(OC(F)(F)F)cc(OC(F)(F)F)c2)cc1)C(=O)O.